The van der Waals surface area contributed by atoms with Crippen molar-refractivity contribution in [1.82, 2.24) is 14.5 Å². The van der Waals surface area contributed by atoms with E-state index in [-0.39, 0.29) is 16.7 Å². The van der Waals surface area contributed by atoms with Gasteiger partial charge < -0.3 is 24.4 Å². The zero-order valence-corrected chi connectivity index (χ0v) is 22.6. The second-order valence-electron chi connectivity index (χ2n) is 10.4. The first-order valence-corrected chi connectivity index (χ1v) is 14.5. The Balaban J connectivity index is 1.10. The van der Waals surface area contributed by atoms with Crippen molar-refractivity contribution in [3.8, 4) is 17.2 Å². The van der Waals surface area contributed by atoms with E-state index in [2.05, 4.69) is 17.4 Å². The highest BCUT2D eigenvalue weighted by molar-refractivity contribution is 7.89. The maximum atomic E-state index is 13.4. The molecule has 6 rings (SSSR count). The van der Waals surface area contributed by atoms with Crippen LogP contribution in [0.1, 0.15) is 35.8 Å². The van der Waals surface area contributed by atoms with E-state index >= 15 is 0 Å². The maximum Gasteiger partial charge on any atom is 0.243 e. The topological polar surface area (TPSA) is 97.4 Å². The Morgan fingerprint density at radius 3 is 2.42 bits per heavy atom. The fraction of sp³-hybridized carbons (Fsp3) is 0.464. The average molecular weight is 540 g/mol. The summed E-state index contributed by atoms with van der Waals surface area (Å²) >= 11 is 0. The smallest absolute Gasteiger partial charge is 0.243 e. The number of ether oxygens (including phenoxy) is 3. The lowest BCUT2D eigenvalue weighted by molar-refractivity contribution is -0.134. The van der Waals surface area contributed by atoms with Gasteiger partial charge in [-0.25, -0.2) is 8.42 Å². The van der Waals surface area contributed by atoms with Crippen LogP contribution in [0.3, 0.4) is 0 Å². The van der Waals surface area contributed by atoms with Crippen molar-refractivity contribution in [1.29, 1.82) is 0 Å². The number of carbonyl (C=O) groups excluding carboxylic acids is 1. The molecule has 0 spiro atoms. The number of methoxy groups -OCH3 is 1. The van der Waals surface area contributed by atoms with Crippen LogP contribution < -0.4 is 19.5 Å². The monoisotopic (exact) mass is 539 g/mol. The second kappa shape index (κ2) is 9.91. The largest absolute Gasteiger partial charge is 0.496 e. The summed E-state index contributed by atoms with van der Waals surface area (Å²) in [6, 6.07) is 10.9. The maximum absolute atomic E-state index is 13.4. The molecule has 3 aliphatic heterocycles. The van der Waals surface area contributed by atoms with Crippen molar-refractivity contribution in [3.63, 3.8) is 0 Å². The van der Waals surface area contributed by atoms with E-state index in [0.717, 1.165) is 22.5 Å². The number of hydrogen-bond acceptors (Lipinski definition) is 7. The quantitative estimate of drug-likeness (QED) is 0.515. The molecule has 1 atom stereocenters. The van der Waals surface area contributed by atoms with Gasteiger partial charge in [0.1, 0.15) is 19.0 Å². The Labute approximate surface area is 223 Å². The van der Waals surface area contributed by atoms with Gasteiger partial charge in [0, 0.05) is 38.8 Å². The molecule has 0 aromatic heterocycles. The number of fused-ring (bicyclic) bond motifs is 1. The molecule has 4 aliphatic rings. The van der Waals surface area contributed by atoms with E-state index in [1.165, 1.54) is 28.8 Å². The Morgan fingerprint density at radius 2 is 1.74 bits per heavy atom. The molecule has 1 amide bonds. The van der Waals surface area contributed by atoms with Gasteiger partial charge in [-0.2, -0.15) is 4.31 Å². The van der Waals surface area contributed by atoms with E-state index in [1.807, 2.05) is 18.0 Å². The molecule has 202 valence electrons. The molecule has 2 aromatic carbocycles. The first-order chi connectivity index (χ1) is 18.4. The molecule has 1 N–H and O–H groups in total. The SMILES string of the molecule is CNCC(C(=O)N1CC(=C2CN(S(=O)(=O)c3ccc4c(c3)OCCO4)C2)C1)c1ccc(C2CC2)c(OC)c1. The van der Waals surface area contributed by atoms with E-state index in [0.29, 0.717) is 63.4 Å². The highest BCUT2D eigenvalue weighted by Gasteiger charge is 2.39. The minimum atomic E-state index is -3.62. The highest BCUT2D eigenvalue weighted by atomic mass is 32.2. The third-order valence-corrected chi connectivity index (χ3v) is 9.63. The molecule has 2 aromatic rings. The number of hydrogen-bond donors (Lipinski definition) is 1. The summed E-state index contributed by atoms with van der Waals surface area (Å²) < 4.78 is 44.4. The molecular weight excluding hydrogens is 506 g/mol. The van der Waals surface area contributed by atoms with E-state index in [4.69, 9.17) is 14.2 Å². The van der Waals surface area contributed by atoms with Crippen LogP contribution in [0.2, 0.25) is 0 Å². The zero-order valence-electron chi connectivity index (χ0n) is 21.7. The van der Waals surface area contributed by atoms with Gasteiger partial charge in [0.25, 0.3) is 0 Å². The van der Waals surface area contributed by atoms with Gasteiger partial charge in [0.2, 0.25) is 15.9 Å². The summed E-state index contributed by atoms with van der Waals surface area (Å²) in [5.41, 5.74) is 4.42. The van der Waals surface area contributed by atoms with E-state index in [1.54, 1.807) is 19.2 Å². The van der Waals surface area contributed by atoms with Crippen LogP contribution in [-0.2, 0) is 14.8 Å². The molecule has 3 heterocycles. The van der Waals surface area contributed by atoms with E-state index in [9.17, 15) is 13.2 Å². The van der Waals surface area contributed by atoms with Gasteiger partial charge in [0.15, 0.2) is 11.5 Å². The number of rotatable bonds is 8. The van der Waals surface area contributed by atoms with Crippen LogP contribution in [0.25, 0.3) is 0 Å². The number of carbonyl (C=O) groups is 1. The number of sulfonamides is 1. The lowest BCUT2D eigenvalue weighted by Gasteiger charge is -2.42. The summed E-state index contributed by atoms with van der Waals surface area (Å²) in [5, 5.41) is 3.16. The summed E-state index contributed by atoms with van der Waals surface area (Å²) in [7, 11) is -0.0859. The average Bonchev–Trinajstić information content (AvgIpc) is 3.72. The summed E-state index contributed by atoms with van der Waals surface area (Å²) in [4.78, 5) is 15.5. The fourth-order valence-electron chi connectivity index (χ4n) is 5.35. The normalized spacial score (nSPS) is 20.0. The molecule has 1 saturated carbocycles. The first-order valence-electron chi connectivity index (χ1n) is 13.1. The number of amides is 1. The van der Waals surface area contributed by atoms with Gasteiger partial charge >= 0.3 is 0 Å². The number of nitrogens with zero attached hydrogens (tertiary/aromatic N) is 2. The first kappa shape index (κ1) is 25.2. The number of benzene rings is 2. The fourth-order valence-corrected chi connectivity index (χ4v) is 6.79. The van der Waals surface area contributed by atoms with Gasteiger partial charge in [-0.3, -0.25) is 4.79 Å². The molecule has 3 fully saturated rings. The zero-order chi connectivity index (χ0) is 26.4. The Kier molecular flexibility index (Phi) is 6.57. The van der Waals surface area contributed by atoms with Crippen LogP contribution in [0, 0.1) is 0 Å². The van der Waals surface area contributed by atoms with Gasteiger partial charge in [-0.05, 0) is 66.3 Å². The molecule has 38 heavy (non-hydrogen) atoms. The lowest BCUT2D eigenvalue weighted by atomic mass is 9.91. The molecular formula is C28H33N3O6S. The highest BCUT2D eigenvalue weighted by Crippen LogP contribution is 2.45. The molecule has 1 unspecified atom stereocenters. The lowest BCUT2D eigenvalue weighted by Crippen LogP contribution is -2.52. The van der Waals surface area contributed by atoms with Crippen molar-refractivity contribution in [3.05, 3.63) is 58.7 Å². The molecule has 9 nitrogen and oxygen atoms in total. The van der Waals surface area contributed by atoms with Gasteiger partial charge in [-0.15, -0.1) is 0 Å². The molecule has 10 heteroatoms. The molecule has 2 saturated heterocycles. The number of nitrogens with one attached hydrogen (secondary N) is 1. The van der Waals surface area contributed by atoms with Crippen molar-refractivity contribution in [2.75, 3.05) is 60.1 Å². The molecule has 0 radical (unpaired) electrons. The van der Waals surface area contributed by atoms with Crippen molar-refractivity contribution < 1.29 is 27.4 Å². The summed E-state index contributed by atoms with van der Waals surface area (Å²) in [6.45, 7) is 3.20. The van der Waals surface area contributed by atoms with Crippen LogP contribution in [0.5, 0.6) is 17.2 Å². The van der Waals surface area contributed by atoms with Crippen molar-refractivity contribution in [2.24, 2.45) is 0 Å². The van der Waals surface area contributed by atoms with Gasteiger partial charge in [-0.1, -0.05) is 12.1 Å². The van der Waals surface area contributed by atoms with Crippen LogP contribution in [-0.4, -0.2) is 83.6 Å². The second-order valence-corrected chi connectivity index (χ2v) is 12.3. The summed E-state index contributed by atoms with van der Waals surface area (Å²) in [6.07, 6.45) is 2.38. The van der Waals surface area contributed by atoms with Crippen molar-refractivity contribution >= 4 is 15.9 Å². The standard InChI is InChI=1S/C28H33N3O6S/c1-29-13-24(19-5-7-23(18-3-4-18)26(11-19)35-2)28(32)30-14-20(15-30)21-16-31(17-21)38(33,34)22-6-8-25-27(12-22)37-10-9-36-25/h5-8,11-12,18,24,29H,3-4,9-10,13-17H2,1-2H3. The Morgan fingerprint density at radius 1 is 1.03 bits per heavy atom. The van der Waals surface area contributed by atoms with Crippen LogP contribution in [0.4, 0.5) is 0 Å². The number of likely N-dealkylation sites (tertiary alicyclic amines) is 1. The molecule has 1 aliphatic carbocycles. The Bertz CT molecular complexity index is 1390. The predicted octanol–water partition coefficient (Wildman–Crippen LogP) is 2.49. The minimum Gasteiger partial charge on any atom is -0.496 e. The predicted molar refractivity (Wildman–Crippen MR) is 141 cm³/mol. The molecule has 0 bridgehead atoms. The van der Waals surface area contributed by atoms with Crippen LogP contribution in [0.15, 0.2) is 52.4 Å². The van der Waals surface area contributed by atoms with Gasteiger partial charge in [0.05, 0.1) is 17.9 Å². The summed E-state index contributed by atoms with van der Waals surface area (Å²) in [5.74, 6) is 2.23. The van der Waals surface area contributed by atoms with Crippen LogP contribution >= 0.6 is 0 Å². The minimum absolute atomic E-state index is 0.0741. The van der Waals surface area contributed by atoms with Crippen molar-refractivity contribution in [2.45, 2.75) is 29.6 Å². The third kappa shape index (κ3) is 4.54. The Hall–Kier alpha value is -3.08. The van der Waals surface area contributed by atoms with E-state index < -0.39 is 10.0 Å². The number of likely N-dealkylation sites (N-methyl/N-ethyl adjacent to an activating group) is 1. The third-order valence-electron chi connectivity index (χ3n) is 7.84.